The van der Waals surface area contributed by atoms with Gasteiger partial charge in [0, 0.05) is 13.0 Å². The Labute approximate surface area is 49.5 Å². The molecule has 50 valence electrons. The fourth-order valence-corrected chi connectivity index (χ4v) is 0.374. The lowest BCUT2D eigenvalue weighted by atomic mass is 10.4. The Morgan fingerprint density at radius 1 is 1.38 bits per heavy atom. The van der Waals surface area contributed by atoms with Crippen LogP contribution in [0.25, 0.3) is 0 Å². The molecule has 8 heavy (non-hydrogen) atoms. The van der Waals surface area contributed by atoms with E-state index in [1.165, 1.54) is 0 Å². The highest BCUT2D eigenvalue weighted by Crippen LogP contribution is 1.86. The summed E-state index contributed by atoms with van der Waals surface area (Å²) in [6.45, 7) is 0.720. The lowest BCUT2D eigenvalue weighted by molar-refractivity contribution is -0.0483. The van der Waals surface area contributed by atoms with Crippen molar-refractivity contribution in [2.75, 3.05) is 20.6 Å². The van der Waals surface area contributed by atoms with Crippen molar-refractivity contribution in [1.82, 2.24) is 4.90 Å². The Kier molecular flexibility index (Phi) is 3.77. The predicted molar refractivity (Wildman–Crippen MR) is 31.4 cm³/mol. The third kappa shape index (κ3) is 5.88. The van der Waals surface area contributed by atoms with Crippen LogP contribution >= 0.6 is 0 Å². The molecule has 0 aliphatic rings. The number of nitrogens with zero attached hydrogens (tertiary/aromatic N) is 1. The molecule has 0 fully saturated rings. The average Bonchev–Trinajstić information content (AvgIpc) is 1.61. The van der Waals surface area contributed by atoms with Gasteiger partial charge in [-0.2, -0.15) is 0 Å². The van der Waals surface area contributed by atoms with Crippen molar-refractivity contribution in [1.29, 1.82) is 0 Å². The summed E-state index contributed by atoms with van der Waals surface area (Å²) in [6, 6.07) is 0. The summed E-state index contributed by atoms with van der Waals surface area (Å²) in [7, 11) is 3.78. The van der Waals surface area contributed by atoms with Crippen molar-refractivity contribution in [3.8, 4) is 0 Å². The van der Waals surface area contributed by atoms with Gasteiger partial charge in [0.15, 0.2) is 6.29 Å². The molecule has 2 N–H and O–H groups in total. The zero-order valence-corrected chi connectivity index (χ0v) is 5.33. The molecule has 0 atom stereocenters. The molecular weight excluding hydrogens is 106 g/mol. The molecule has 0 aromatic carbocycles. The lowest BCUT2D eigenvalue weighted by Crippen LogP contribution is -2.18. The first-order valence-corrected chi connectivity index (χ1v) is 2.64. The molecule has 3 nitrogen and oxygen atoms in total. The second kappa shape index (κ2) is 3.83. The molecule has 0 aliphatic carbocycles. The Balaban J connectivity index is 2.93. The predicted octanol–water partition coefficient (Wildman–Crippen LogP) is -0.751. The zero-order valence-electron chi connectivity index (χ0n) is 5.33. The van der Waals surface area contributed by atoms with Gasteiger partial charge in [0.2, 0.25) is 0 Å². The van der Waals surface area contributed by atoms with Crippen LogP contribution in [0.2, 0.25) is 0 Å². The Bertz CT molecular complexity index is 46.4. The van der Waals surface area contributed by atoms with Gasteiger partial charge < -0.3 is 15.1 Å². The van der Waals surface area contributed by atoms with E-state index in [1.807, 2.05) is 19.0 Å². The Morgan fingerprint density at radius 2 is 1.88 bits per heavy atom. The third-order valence-corrected chi connectivity index (χ3v) is 0.835. The first-order chi connectivity index (χ1) is 3.63. The van der Waals surface area contributed by atoms with Gasteiger partial charge in [-0.25, -0.2) is 0 Å². The first kappa shape index (κ1) is 7.88. The maximum absolute atomic E-state index is 8.33. The molecule has 0 spiro atoms. The number of rotatable bonds is 3. The molecule has 0 amide bonds. The van der Waals surface area contributed by atoms with Crippen molar-refractivity contribution in [2.45, 2.75) is 12.7 Å². The molecule has 0 saturated heterocycles. The summed E-state index contributed by atoms with van der Waals surface area (Å²) >= 11 is 0. The topological polar surface area (TPSA) is 43.7 Å². The van der Waals surface area contributed by atoms with Gasteiger partial charge in [-0.05, 0) is 14.1 Å². The second-order valence-electron chi connectivity index (χ2n) is 2.07. The van der Waals surface area contributed by atoms with Crippen molar-refractivity contribution in [3.05, 3.63) is 0 Å². The van der Waals surface area contributed by atoms with Gasteiger partial charge in [-0.3, -0.25) is 0 Å². The van der Waals surface area contributed by atoms with E-state index >= 15 is 0 Å². The highest BCUT2D eigenvalue weighted by Gasteiger charge is 1.96. The van der Waals surface area contributed by atoms with Crippen LogP contribution in [-0.2, 0) is 0 Å². The normalized spacial score (nSPS) is 11.2. The highest BCUT2D eigenvalue weighted by atomic mass is 16.5. The monoisotopic (exact) mass is 119 g/mol. The van der Waals surface area contributed by atoms with Crippen molar-refractivity contribution in [2.24, 2.45) is 0 Å². The number of hydrogen-bond donors (Lipinski definition) is 2. The molecule has 0 rings (SSSR count). The van der Waals surface area contributed by atoms with E-state index in [0.29, 0.717) is 6.42 Å². The fraction of sp³-hybridized carbons (Fsp3) is 1.00. The summed E-state index contributed by atoms with van der Waals surface area (Å²) in [4.78, 5) is 1.90. The summed E-state index contributed by atoms with van der Waals surface area (Å²) in [6.07, 6.45) is -0.732. The van der Waals surface area contributed by atoms with Crippen LogP contribution in [0.1, 0.15) is 6.42 Å². The maximum Gasteiger partial charge on any atom is 0.152 e. The minimum Gasteiger partial charge on any atom is -0.368 e. The van der Waals surface area contributed by atoms with E-state index in [9.17, 15) is 0 Å². The van der Waals surface area contributed by atoms with Crippen LogP contribution in [0, 0.1) is 0 Å². The molecule has 0 saturated carbocycles. The molecule has 0 aromatic rings. The number of aliphatic hydroxyl groups excluding tert-OH is 1. The number of aliphatic hydroxyl groups is 2. The van der Waals surface area contributed by atoms with Gasteiger partial charge in [-0.15, -0.1) is 0 Å². The molecular formula is C5H13NO2. The Morgan fingerprint density at radius 3 is 2.00 bits per heavy atom. The summed E-state index contributed by atoms with van der Waals surface area (Å²) in [5.41, 5.74) is 0. The van der Waals surface area contributed by atoms with E-state index in [-0.39, 0.29) is 0 Å². The summed E-state index contributed by atoms with van der Waals surface area (Å²) < 4.78 is 0. The third-order valence-electron chi connectivity index (χ3n) is 0.835. The SMILES string of the molecule is CN(C)CCC(O)O. The minimum atomic E-state index is -1.16. The smallest absolute Gasteiger partial charge is 0.152 e. The molecule has 0 bridgehead atoms. The minimum absolute atomic E-state index is 0.424. The van der Waals surface area contributed by atoms with E-state index in [2.05, 4.69) is 0 Å². The standard InChI is InChI=1S/C5H13NO2/c1-6(2)4-3-5(7)8/h5,7-8H,3-4H2,1-2H3. The maximum atomic E-state index is 8.33. The molecule has 0 aromatic heterocycles. The van der Waals surface area contributed by atoms with E-state index in [4.69, 9.17) is 10.2 Å². The molecule has 0 unspecified atom stereocenters. The van der Waals surface area contributed by atoms with Gasteiger partial charge in [0.1, 0.15) is 0 Å². The van der Waals surface area contributed by atoms with E-state index < -0.39 is 6.29 Å². The largest absolute Gasteiger partial charge is 0.368 e. The van der Waals surface area contributed by atoms with Crippen LogP contribution in [0.4, 0.5) is 0 Å². The van der Waals surface area contributed by atoms with Crippen LogP contribution in [0.15, 0.2) is 0 Å². The van der Waals surface area contributed by atoms with Gasteiger partial charge in [0.25, 0.3) is 0 Å². The highest BCUT2D eigenvalue weighted by molar-refractivity contribution is 4.43. The molecule has 0 radical (unpaired) electrons. The van der Waals surface area contributed by atoms with Crippen molar-refractivity contribution in [3.63, 3.8) is 0 Å². The summed E-state index contributed by atoms with van der Waals surface area (Å²) in [5.74, 6) is 0. The van der Waals surface area contributed by atoms with Gasteiger partial charge in [0.05, 0.1) is 0 Å². The molecule has 3 heteroatoms. The quantitative estimate of drug-likeness (QED) is 0.480. The summed E-state index contributed by atoms with van der Waals surface area (Å²) in [5, 5.41) is 16.7. The molecule has 0 aliphatic heterocycles. The second-order valence-corrected chi connectivity index (χ2v) is 2.07. The van der Waals surface area contributed by atoms with Gasteiger partial charge in [-0.1, -0.05) is 0 Å². The lowest BCUT2D eigenvalue weighted by Gasteiger charge is -2.09. The van der Waals surface area contributed by atoms with Crippen LogP contribution in [-0.4, -0.2) is 42.0 Å². The van der Waals surface area contributed by atoms with Crippen LogP contribution < -0.4 is 0 Å². The van der Waals surface area contributed by atoms with Crippen molar-refractivity contribution < 1.29 is 10.2 Å². The van der Waals surface area contributed by atoms with Crippen molar-refractivity contribution >= 4 is 0 Å². The molecule has 0 heterocycles. The van der Waals surface area contributed by atoms with Crippen LogP contribution in [0.3, 0.4) is 0 Å². The van der Waals surface area contributed by atoms with Crippen LogP contribution in [0.5, 0.6) is 0 Å². The number of hydrogen-bond acceptors (Lipinski definition) is 3. The van der Waals surface area contributed by atoms with E-state index in [0.717, 1.165) is 6.54 Å². The Hall–Kier alpha value is -0.120. The zero-order chi connectivity index (χ0) is 6.57. The van der Waals surface area contributed by atoms with Gasteiger partial charge >= 0.3 is 0 Å². The first-order valence-electron chi connectivity index (χ1n) is 2.64. The average molecular weight is 119 g/mol. The van der Waals surface area contributed by atoms with E-state index in [1.54, 1.807) is 0 Å². The fourth-order valence-electron chi connectivity index (χ4n) is 0.374.